The van der Waals surface area contributed by atoms with Crippen molar-refractivity contribution in [2.75, 3.05) is 7.11 Å². The molecule has 0 saturated heterocycles. The van der Waals surface area contributed by atoms with E-state index in [-0.39, 0.29) is 17.9 Å². The maximum atomic E-state index is 13.2. The van der Waals surface area contributed by atoms with Gasteiger partial charge in [0.1, 0.15) is 11.6 Å². The van der Waals surface area contributed by atoms with Crippen molar-refractivity contribution in [2.45, 2.75) is 6.54 Å². The molecule has 0 unspecified atom stereocenters. The summed E-state index contributed by atoms with van der Waals surface area (Å²) in [7, 11) is 1.27. The highest BCUT2D eigenvalue weighted by atomic mass is 19.1. The molecule has 1 aromatic rings. The maximum absolute atomic E-state index is 13.2. The van der Waals surface area contributed by atoms with Crippen molar-refractivity contribution in [1.82, 2.24) is 5.32 Å². The number of carbonyl (C=O) groups is 1. The van der Waals surface area contributed by atoms with Gasteiger partial charge in [-0.15, -0.1) is 0 Å². The summed E-state index contributed by atoms with van der Waals surface area (Å²) in [6.07, 6.45) is 1.16. The third kappa shape index (κ3) is 3.44. The van der Waals surface area contributed by atoms with Crippen LogP contribution >= 0.6 is 0 Å². The summed E-state index contributed by atoms with van der Waals surface area (Å²) >= 11 is 0. The summed E-state index contributed by atoms with van der Waals surface area (Å²) in [5.41, 5.74) is 4.84. The van der Waals surface area contributed by atoms with Gasteiger partial charge < -0.3 is 15.8 Å². The summed E-state index contributed by atoms with van der Waals surface area (Å²) in [6.45, 7) is -0.112. The number of hydrogen-bond acceptors (Lipinski definition) is 3. The van der Waals surface area contributed by atoms with Gasteiger partial charge in [-0.3, -0.25) is 4.79 Å². The highest BCUT2D eigenvalue weighted by Gasteiger charge is 2.08. The molecule has 0 atom stereocenters. The fourth-order valence-corrected chi connectivity index (χ4v) is 1.18. The van der Waals surface area contributed by atoms with E-state index < -0.39 is 17.5 Å². The number of benzene rings is 1. The summed E-state index contributed by atoms with van der Waals surface area (Å²) in [4.78, 5) is 10.7. The van der Waals surface area contributed by atoms with Crippen LogP contribution in [0.2, 0.25) is 0 Å². The first-order chi connectivity index (χ1) is 8.06. The number of ether oxygens (including phenoxy) is 1. The summed E-state index contributed by atoms with van der Waals surface area (Å²) < 4.78 is 31.0. The van der Waals surface area contributed by atoms with Gasteiger partial charge in [0.15, 0.2) is 5.76 Å². The van der Waals surface area contributed by atoms with Gasteiger partial charge in [-0.05, 0) is 12.1 Å². The van der Waals surface area contributed by atoms with Crippen LogP contribution in [0.15, 0.2) is 30.2 Å². The molecule has 0 aliphatic heterocycles. The van der Waals surface area contributed by atoms with Crippen molar-refractivity contribution in [2.24, 2.45) is 5.73 Å². The molecule has 0 saturated carbocycles. The van der Waals surface area contributed by atoms with E-state index in [1.165, 1.54) is 13.2 Å². The van der Waals surface area contributed by atoms with Crippen molar-refractivity contribution in [3.8, 4) is 0 Å². The van der Waals surface area contributed by atoms with E-state index in [0.29, 0.717) is 0 Å². The van der Waals surface area contributed by atoms with Gasteiger partial charge in [-0.25, -0.2) is 8.78 Å². The highest BCUT2D eigenvalue weighted by molar-refractivity contribution is 5.89. The van der Waals surface area contributed by atoms with E-state index in [1.807, 2.05) is 0 Å². The standard InChI is InChI=1S/C11H12F2N2O2/c1-17-10(11(14)16)6-15-5-7-8(12)3-2-4-9(7)13/h2-4,6,15H,5H2,1H3,(H2,14,16)/b10-6+. The molecule has 0 fully saturated rings. The van der Waals surface area contributed by atoms with Gasteiger partial charge in [0.05, 0.1) is 7.11 Å². The normalized spacial score (nSPS) is 11.1. The van der Waals surface area contributed by atoms with Crippen LogP contribution in [-0.2, 0) is 16.1 Å². The lowest BCUT2D eigenvalue weighted by Crippen LogP contribution is -2.19. The molecule has 0 radical (unpaired) electrons. The minimum Gasteiger partial charge on any atom is -0.490 e. The molecule has 92 valence electrons. The largest absolute Gasteiger partial charge is 0.490 e. The average Bonchev–Trinajstić information content (AvgIpc) is 2.27. The predicted molar refractivity (Wildman–Crippen MR) is 57.5 cm³/mol. The quantitative estimate of drug-likeness (QED) is 0.598. The van der Waals surface area contributed by atoms with E-state index in [2.05, 4.69) is 10.1 Å². The topological polar surface area (TPSA) is 64.3 Å². The van der Waals surface area contributed by atoms with E-state index in [4.69, 9.17) is 5.73 Å². The molecule has 0 spiro atoms. The van der Waals surface area contributed by atoms with E-state index in [1.54, 1.807) is 0 Å². The zero-order valence-corrected chi connectivity index (χ0v) is 9.17. The van der Waals surface area contributed by atoms with Crippen LogP contribution < -0.4 is 11.1 Å². The summed E-state index contributed by atoms with van der Waals surface area (Å²) in [5.74, 6) is -2.22. The summed E-state index contributed by atoms with van der Waals surface area (Å²) in [5, 5.41) is 2.55. The van der Waals surface area contributed by atoms with Gasteiger partial charge in [0.2, 0.25) is 0 Å². The molecule has 4 nitrogen and oxygen atoms in total. The number of amides is 1. The Bertz CT molecular complexity index is 427. The Morgan fingerprint density at radius 3 is 2.53 bits per heavy atom. The molecule has 3 N–H and O–H groups in total. The molecule has 0 bridgehead atoms. The molecule has 0 aliphatic carbocycles. The lowest BCUT2D eigenvalue weighted by molar-refractivity contribution is -0.117. The van der Waals surface area contributed by atoms with E-state index in [9.17, 15) is 13.6 Å². The van der Waals surface area contributed by atoms with Crippen LogP contribution in [0.4, 0.5) is 8.78 Å². The van der Waals surface area contributed by atoms with Crippen LogP contribution in [0.3, 0.4) is 0 Å². The molecule has 6 heteroatoms. The fraction of sp³-hybridized carbons (Fsp3) is 0.182. The van der Waals surface area contributed by atoms with Crippen molar-refractivity contribution in [1.29, 1.82) is 0 Å². The molecule has 0 aromatic heterocycles. The molecule has 1 rings (SSSR count). The van der Waals surface area contributed by atoms with Crippen molar-refractivity contribution < 1.29 is 18.3 Å². The third-order valence-electron chi connectivity index (χ3n) is 2.04. The molecular weight excluding hydrogens is 230 g/mol. The second-order valence-electron chi connectivity index (χ2n) is 3.16. The van der Waals surface area contributed by atoms with Crippen LogP contribution in [-0.4, -0.2) is 13.0 Å². The zero-order valence-electron chi connectivity index (χ0n) is 9.17. The van der Waals surface area contributed by atoms with Crippen LogP contribution in [0, 0.1) is 11.6 Å². The number of methoxy groups -OCH3 is 1. The predicted octanol–water partition coefficient (Wildman–Crippen LogP) is 1.03. The third-order valence-corrected chi connectivity index (χ3v) is 2.04. The minimum atomic E-state index is -0.769. The number of nitrogens with one attached hydrogen (secondary N) is 1. The zero-order chi connectivity index (χ0) is 12.8. The van der Waals surface area contributed by atoms with Crippen LogP contribution in [0.25, 0.3) is 0 Å². The number of carbonyl (C=O) groups excluding carboxylic acids is 1. The molecule has 0 heterocycles. The van der Waals surface area contributed by atoms with Crippen LogP contribution in [0.1, 0.15) is 5.56 Å². The maximum Gasteiger partial charge on any atom is 0.285 e. The number of nitrogens with two attached hydrogens (primary N) is 1. The number of rotatable bonds is 5. The Kier molecular flexibility index (Phi) is 4.45. The lowest BCUT2D eigenvalue weighted by Gasteiger charge is -2.06. The second-order valence-corrected chi connectivity index (χ2v) is 3.16. The van der Waals surface area contributed by atoms with Gasteiger partial charge in [-0.2, -0.15) is 0 Å². The SMILES string of the molecule is CO/C(=C/NCc1c(F)cccc1F)C(N)=O. The van der Waals surface area contributed by atoms with Crippen LogP contribution in [0.5, 0.6) is 0 Å². The molecule has 1 amide bonds. The van der Waals surface area contributed by atoms with Crippen molar-refractivity contribution >= 4 is 5.91 Å². The Morgan fingerprint density at radius 1 is 1.47 bits per heavy atom. The molecule has 17 heavy (non-hydrogen) atoms. The first-order valence-electron chi connectivity index (χ1n) is 4.76. The molecule has 1 aromatic carbocycles. The van der Waals surface area contributed by atoms with Gasteiger partial charge in [0, 0.05) is 18.3 Å². The Hall–Kier alpha value is -2.11. The Labute approximate surface area is 97.1 Å². The first-order valence-corrected chi connectivity index (χ1v) is 4.76. The second kappa shape index (κ2) is 5.83. The Morgan fingerprint density at radius 2 is 2.06 bits per heavy atom. The fourth-order valence-electron chi connectivity index (χ4n) is 1.18. The lowest BCUT2D eigenvalue weighted by atomic mass is 10.2. The van der Waals surface area contributed by atoms with Crippen molar-refractivity contribution in [3.63, 3.8) is 0 Å². The number of primary amides is 1. The van der Waals surface area contributed by atoms with Crippen molar-refractivity contribution in [3.05, 3.63) is 47.4 Å². The number of hydrogen-bond donors (Lipinski definition) is 2. The average molecular weight is 242 g/mol. The highest BCUT2D eigenvalue weighted by Crippen LogP contribution is 2.11. The van der Waals surface area contributed by atoms with E-state index in [0.717, 1.165) is 18.3 Å². The smallest absolute Gasteiger partial charge is 0.285 e. The molecule has 0 aliphatic rings. The van der Waals surface area contributed by atoms with Gasteiger partial charge >= 0.3 is 0 Å². The molecular formula is C11H12F2N2O2. The summed E-state index contributed by atoms with van der Waals surface area (Å²) in [6, 6.07) is 3.57. The first kappa shape index (κ1) is 13.0. The minimum absolute atomic E-state index is 0.112. The monoisotopic (exact) mass is 242 g/mol. The van der Waals surface area contributed by atoms with E-state index >= 15 is 0 Å². The number of halogens is 2. The van der Waals surface area contributed by atoms with Gasteiger partial charge in [-0.1, -0.05) is 6.07 Å². The Balaban J connectivity index is 2.71. The van der Waals surface area contributed by atoms with Gasteiger partial charge in [0.25, 0.3) is 5.91 Å².